The van der Waals surface area contributed by atoms with Crippen LogP contribution in [0.3, 0.4) is 0 Å². The largest absolute Gasteiger partial charge is 0.481 e. The summed E-state index contributed by atoms with van der Waals surface area (Å²) in [6, 6.07) is 7.72. The number of hydrogen-bond donors (Lipinski definition) is 1. The van der Waals surface area contributed by atoms with Gasteiger partial charge in [0.25, 0.3) is 0 Å². The normalized spacial score (nSPS) is 12.8. The fourth-order valence-electron chi connectivity index (χ4n) is 1.97. The summed E-state index contributed by atoms with van der Waals surface area (Å²) in [4.78, 5) is 25.3. The van der Waals surface area contributed by atoms with Gasteiger partial charge in [0.1, 0.15) is 0 Å². The monoisotopic (exact) mass is 291 g/mol. The fourth-order valence-corrected chi connectivity index (χ4v) is 1.97. The van der Waals surface area contributed by atoms with Crippen molar-refractivity contribution in [3.05, 3.63) is 29.8 Å². The van der Waals surface area contributed by atoms with Crippen molar-refractivity contribution < 1.29 is 14.7 Å². The van der Waals surface area contributed by atoms with Gasteiger partial charge in [0.15, 0.2) is 0 Å². The number of amides is 1. The maximum atomic E-state index is 12.6. The summed E-state index contributed by atoms with van der Waals surface area (Å²) in [7, 11) is 0. The molecule has 0 aromatic heterocycles. The average molecular weight is 291 g/mol. The quantitative estimate of drug-likeness (QED) is 0.905. The van der Waals surface area contributed by atoms with Gasteiger partial charge in [0.2, 0.25) is 5.91 Å². The smallest absolute Gasteiger partial charge is 0.308 e. The van der Waals surface area contributed by atoms with Crippen molar-refractivity contribution in [1.82, 2.24) is 0 Å². The molecule has 1 unspecified atom stereocenters. The molecular formula is C17H25NO3. The summed E-state index contributed by atoms with van der Waals surface area (Å²) in [5.41, 5.74) is 1.38. The summed E-state index contributed by atoms with van der Waals surface area (Å²) in [6.45, 7) is 9.39. The first kappa shape index (κ1) is 17.2. The number of anilines is 1. The molecule has 1 N–H and O–H groups in total. The molecule has 4 heteroatoms. The van der Waals surface area contributed by atoms with Crippen molar-refractivity contribution in [2.24, 2.45) is 11.3 Å². The van der Waals surface area contributed by atoms with E-state index in [1.165, 1.54) is 5.56 Å². The van der Waals surface area contributed by atoms with Crippen LogP contribution in [0.15, 0.2) is 24.3 Å². The van der Waals surface area contributed by atoms with Gasteiger partial charge in [-0.3, -0.25) is 9.59 Å². The van der Waals surface area contributed by atoms with Crippen LogP contribution in [0.4, 0.5) is 5.69 Å². The Morgan fingerprint density at radius 2 is 1.71 bits per heavy atom. The highest BCUT2D eigenvalue weighted by Crippen LogP contribution is 2.25. The topological polar surface area (TPSA) is 57.6 Å². The predicted molar refractivity (Wildman–Crippen MR) is 84.4 cm³/mol. The number of carboxylic acids is 1. The van der Waals surface area contributed by atoms with Gasteiger partial charge in [0, 0.05) is 17.6 Å². The minimum absolute atomic E-state index is 0.0696. The molecule has 0 heterocycles. The third kappa shape index (κ3) is 4.59. The minimum Gasteiger partial charge on any atom is -0.481 e. The van der Waals surface area contributed by atoms with Gasteiger partial charge in [-0.1, -0.05) is 46.8 Å². The molecule has 21 heavy (non-hydrogen) atoms. The second kappa shape index (κ2) is 6.74. The Kier molecular flexibility index (Phi) is 5.53. The molecule has 0 saturated carbocycles. The third-order valence-corrected chi connectivity index (χ3v) is 3.42. The van der Waals surface area contributed by atoms with E-state index < -0.39 is 17.3 Å². The summed E-state index contributed by atoms with van der Waals surface area (Å²) in [5, 5.41) is 9.11. The van der Waals surface area contributed by atoms with Crippen LogP contribution in [-0.2, 0) is 16.0 Å². The van der Waals surface area contributed by atoms with Gasteiger partial charge < -0.3 is 10.0 Å². The van der Waals surface area contributed by atoms with E-state index in [1.807, 2.05) is 45.0 Å². The molecule has 0 aliphatic rings. The number of aryl methyl sites for hydroxylation is 1. The van der Waals surface area contributed by atoms with Crippen molar-refractivity contribution in [2.45, 2.75) is 41.0 Å². The number of rotatable bonds is 5. The third-order valence-electron chi connectivity index (χ3n) is 3.42. The van der Waals surface area contributed by atoms with Gasteiger partial charge >= 0.3 is 5.97 Å². The van der Waals surface area contributed by atoms with Crippen LogP contribution < -0.4 is 4.90 Å². The van der Waals surface area contributed by atoms with Gasteiger partial charge in [0.05, 0.1) is 5.92 Å². The maximum Gasteiger partial charge on any atom is 0.308 e. The van der Waals surface area contributed by atoms with Crippen LogP contribution in [0.2, 0.25) is 0 Å². The van der Waals surface area contributed by atoms with E-state index in [1.54, 1.807) is 11.8 Å². The Labute approximate surface area is 126 Å². The number of carboxylic acid groups (broad SMARTS) is 1. The predicted octanol–water partition coefficient (Wildman–Crippen LogP) is 3.35. The highest BCUT2D eigenvalue weighted by atomic mass is 16.4. The summed E-state index contributed by atoms with van der Waals surface area (Å²) >= 11 is 0. The zero-order valence-electron chi connectivity index (χ0n) is 13.5. The second-order valence-corrected chi connectivity index (χ2v) is 6.43. The van der Waals surface area contributed by atoms with Gasteiger partial charge in [-0.15, -0.1) is 0 Å². The number of carbonyl (C=O) groups excluding carboxylic acids is 1. The van der Waals surface area contributed by atoms with E-state index in [9.17, 15) is 9.59 Å². The van der Waals surface area contributed by atoms with Crippen LogP contribution in [0.5, 0.6) is 0 Å². The van der Waals surface area contributed by atoms with E-state index in [0.717, 1.165) is 12.1 Å². The van der Waals surface area contributed by atoms with Crippen LogP contribution in [0.1, 0.15) is 40.2 Å². The molecule has 116 valence electrons. The van der Waals surface area contributed by atoms with Crippen molar-refractivity contribution in [2.75, 3.05) is 11.4 Å². The molecule has 0 bridgehead atoms. The lowest BCUT2D eigenvalue weighted by molar-refractivity contribution is -0.140. The van der Waals surface area contributed by atoms with Crippen molar-refractivity contribution in [1.29, 1.82) is 0 Å². The molecule has 4 nitrogen and oxygen atoms in total. The van der Waals surface area contributed by atoms with E-state index >= 15 is 0 Å². The molecule has 1 rings (SSSR count). The van der Waals surface area contributed by atoms with Crippen LogP contribution >= 0.6 is 0 Å². The number of hydrogen-bond acceptors (Lipinski definition) is 2. The lowest BCUT2D eigenvalue weighted by Crippen LogP contribution is -2.43. The lowest BCUT2D eigenvalue weighted by atomic mass is 9.93. The van der Waals surface area contributed by atoms with E-state index in [2.05, 4.69) is 6.92 Å². The molecular weight excluding hydrogens is 266 g/mol. The van der Waals surface area contributed by atoms with E-state index in [0.29, 0.717) is 0 Å². The molecule has 1 aromatic carbocycles. The van der Waals surface area contributed by atoms with Crippen molar-refractivity contribution in [3.63, 3.8) is 0 Å². The first-order valence-electron chi connectivity index (χ1n) is 7.30. The molecule has 1 atom stereocenters. The molecule has 0 aliphatic carbocycles. The number of benzene rings is 1. The molecule has 0 fully saturated rings. The molecule has 1 amide bonds. The van der Waals surface area contributed by atoms with Crippen LogP contribution in [0, 0.1) is 11.3 Å². The Morgan fingerprint density at radius 3 is 2.10 bits per heavy atom. The van der Waals surface area contributed by atoms with E-state index in [4.69, 9.17) is 5.11 Å². The first-order valence-corrected chi connectivity index (χ1v) is 7.30. The molecule has 0 saturated heterocycles. The average Bonchev–Trinajstić information content (AvgIpc) is 2.42. The standard InChI is InChI=1S/C17H25NO3/c1-6-13-7-9-14(10-8-13)18(11-12(2)15(19)20)16(21)17(3,4)5/h7-10,12H,6,11H2,1-5H3,(H,19,20). The lowest BCUT2D eigenvalue weighted by Gasteiger charge is -2.31. The van der Waals surface area contributed by atoms with Gasteiger partial charge in [-0.2, -0.15) is 0 Å². The highest BCUT2D eigenvalue weighted by molar-refractivity contribution is 5.97. The van der Waals surface area contributed by atoms with Gasteiger partial charge in [-0.25, -0.2) is 0 Å². The number of nitrogens with zero attached hydrogens (tertiary/aromatic N) is 1. The SMILES string of the molecule is CCc1ccc(N(CC(C)C(=O)O)C(=O)C(C)(C)C)cc1. The van der Waals surface area contributed by atoms with Crippen LogP contribution in [-0.4, -0.2) is 23.5 Å². The zero-order chi connectivity index (χ0) is 16.2. The molecule has 0 spiro atoms. The van der Waals surface area contributed by atoms with Crippen molar-refractivity contribution >= 4 is 17.6 Å². The summed E-state index contributed by atoms with van der Waals surface area (Å²) < 4.78 is 0. The zero-order valence-corrected chi connectivity index (χ0v) is 13.5. The minimum atomic E-state index is -0.896. The maximum absolute atomic E-state index is 12.6. The molecule has 0 radical (unpaired) electrons. The molecule has 1 aromatic rings. The second-order valence-electron chi connectivity index (χ2n) is 6.43. The van der Waals surface area contributed by atoms with Gasteiger partial charge in [-0.05, 0) is 24.1 Å². The highest BCUT2D eigenvalue weighted by Gasteiger charge is 2.30. The number of carbonyl (C=O) groups is 2. The fraction of sp³-hybridized carbons (Fsp3) is 0.529. The number of aliphatic carboxylic acids is 1. The Hall–Kier alpha value is -1.84. The molecule has 0 aliphatic heterocycles. The van der Waals surface area contributed by atoms with Crippen molar-refractivity contribution in [3.8, 4) is 0 Å². The Bertz CT molecular complexity index is 500. The summed E-state index contributed by atoms with van der Waals surface area (Å²) in [6.07, 6.45) is 0.930. The Balaban J connectivity index is 3.11. The van der Waals surface area contributed by atoms with Crippen LogP contribution in [0.25, 0.3) is 0 Å². The Morgan fingerprint density at radius 1 is 1.19 bits per heavy atom. The first-order chi connectivity index (χ1) is 9.66. The van der Waals surface area contributed by atoms with E-state index in [-0.39, 0.29) is 12.5 Å². The summed E-state index contributed by atoms with van der Waals surface area (Å²) in [5.74, 6) is -1.58.